The highest BCUT2D eigenvalue weighted by molar-refractivity contribution is 5.95. The van der Waals surface area contributed by atoms with Crippen LogP contribution in [0.5, 0.6) is 5.75 Å². The first-order chi connectivity index (χ1) is 14.3. The summed E-state index contributed by atoms with van der Waals surface area (Å²) in [5.74, 6) is -1.10. The molecule has 0 aliphatic rings. The zero-order valence-electron chi connectivity index (χ0n) is 17.9. The van der Waals surface area contributed by atoms with Crippen molar-refractivity contribution in [2.24, 2.45) is 0 Å². The first-order valence-electron chi connectivity index (χ1n) is 9.70. The van der Waals surface area contributed by atoms with Gasteiger partial charge in [0.2, 0.25) is 5.76 Å². The van der Waals surface area contributed by atoms with Crippen molar-refractivity contribution < 1.29 is 19.1 Å². The quantitative estimate of drug-likeness (QED) is 0.254. The zero-order chi connectivity index (χ0) is 21.8. The lowest BCUT2D eigenvalue weighted by Crippen LogP contribution is -2.15. The SMILES string of the molecule is CC(=O)OC(=Cc1cc(C)n(-c2ccc(C)c(C)c2)c1C)C(=O)Oc1ccccc1. The Morgan fingerprint density at radius 1 is 0.900 bits per heavy atom. The van der Waals surface area contributed by atoms with E-state index in [4.69, 9.17) is 9.47 Å². The van der Waals surface area contributed by atoms with Crippen molar-refractivity contribution in [3.63, 3.8) is 0 Å². The topological polar surface area (TPSA) is 57.5 Å². The predicted molar refractivity (Wildman–Crippen MR) is 117 cm³/mol. The second kappa shape index (κ2) is 8.82. The molecule has 1 aromatic heterocycles. The molecule has 0 unspecified atom stereocenters. The average Bonchev–Trinajstić information content (AvgIpc) is 2.97. The number of esters is 2. The molecule has 0 atom stereocenters. The summed E-state index contributed by atoms with van der Waals surface area (Å²) in [6.45, 7) is 9.36. The minimum Gasteiger partial charge on any atom is -0.421 e. The third kappa shape index (κ3) is 4.69. The van der Waals surface area contributed by atoms with Gasteiger partial charge in [-0.2, -0.15) is 0 Å². The van der Waals surface area contributed by atoms with Gasteiger partial charge in [0.1, 0.15) is 5.75 Å². The Balaban J connectivity index is 1.99. The smallest absolute Gasteiger partial charge is 0.379 e. The van der Waals surface area contributed by atoms with E-state index in [1.807, 2.05) is 26.0 Å². The first kappa shape index (κ1) is 21.1. The third-order valence-electron chi connectivity index (χ3n) is 4.91. The van der Waals surface area contributed by atoms with Crippen molar-refractivity contribution >= 4 is 18.0 Å². The Hall–Kier alpha value is -3.60. The van der Waals surface area contributed by atoms with Crippen LogP contribution in [-0.4, -0.2) is 16.5 Å². The lowest BCUT2D eigenvalue weighted by Gasteiger charge is -2.12. The number of carbonyl (C=O) groups is 2. The van der Waals surface area contributed by atoms with Crippen molar-refractivity contribution in [3.8, 4) is 11.4 Å². The Bertz CT molecular complexity index is 1120. The molecule has 5 nitrogen and oxygen atoms in total. The van der Waals surface area contributed by atoms with E-state index in [-0.39, 0.29) is 5.76 Å². The Labute approximate surface area is 176 Å². The van der Waals surface area contributed by atoms with Crippen molar-refractivity contribution in [2.45, 2.75) is 34.6 Å². The van der Waals surface area contributed by atoms with Gasteiger partial charge >= 0.3 is 11.9 Å². The number of benzene rings is 2. The summed E-state index contributed by atoms with van der Waals surface area (Å²) >= 11 is 0. The minimum absolute atomic E-state index is 0.160. The zero-order valence-corrected chi connectivity index (χ0v) is 17.9. The molecule has 154 valence electrons. The van der Waals surface area contributed by atoms with Gasteiger partial charge in [-0.25, -0.2) is 4.79 Å². The molecular weight excluding hydrogens is 378 g/mol. The predicted octanol–water partition coefficient (Wildman–Crippen LogP) is 5.22. The van der Waals surface area contributed by atoms with E-state index in [0.29, 0.717) is 5.75 Å². The third-order valence-corrected chi connectivity index (χ3v) is 4.91. The van der Waals surface area contributed by atoms with E-state index in [1.165, 1.54) is 18.1 Å². The monoisotopic (exact) mass is 403 g/mol. The number of ether oxygens (including phenoxy) is 2. The van der Waals surface area contributed by atoms with Crippen LogP contribution in [0, 0.1) is 27.7 Å². The molecule has 0 amide bonds. The molecular formula is C25H25NO4. The summed E-state index contributed by atoms with van der Waals surface area (Å²) < 4.78 is 12.6. The van der Waals surface area contributed by atoms with Crippen LogP contribution in [-0.2, 0) is 14.3 Å². The number of aryl methyl sites for hydroxylation is 3. The second-order valence-corrected chi connectivity index (χ2v) is 7.24. The van der Waals surface area contributed by atoms with Crippen molar-refractivity contribution in [1.82, 2.24) is 4.57 Å². The molecule has 0 aliphatic heterocycles. The molecule has 0 saturated heterocycles. The highest BCUT2D eigenvalue weighted by Crippen LogP contribution is 2.25. The summed E-state index contributed by atoms with van der Waals surface area (Å²) in [6.07, 6.45) is 1.55. The molecule has 2 aromatic carbocycles. The molecule has 0 spiro atoms. The van der Waals surface area contributed by atoms with Crippen LogP contribution >= 0.6 is 0 Å². The molecule has 3 aromatic rings. The van der Waals surface area contributed by atoms with Gasteiger partial charge in [-0.05, 0) is 80.8 Å². The maximum atomic E-state index is 12.6. The van der Waals surface area contributed by atoms with E-state index in [1.54, 1.807) is 30.3 Å². The van der Waals surface area contributed by atoms with E-state index >= 15 is 0 Å². The van der Waals surface area contributed by atoms with Gasteiger partial charge in [-0.15, -0.1) is 0 Å². The van der Waals surface area contributed by atoms with Gasteiger partial charge in [0.05, 0.1) is 0 Å². The number of nitrogens with zero attached hydrogens (tertiary/aromatic N) is 1. The average molecular weight is 403 g/mol. The molecule has 0 radical (unpaired) electrons. The fourth-order valence-electron chi connectivity index (χ4n) is 3.27. The van der Waals surface area contributed by atoms with Gasteiger partial charge in [0.15, 0.2) is 0 Å². The van der Waals surface area contributed by atoms with Crippen LogP contribution in [0.15, 0.2) is 60.4 Å². The first-order valence-corrected chi connectivity index (χ1v) is 9.70. The molecule has 5 heteroatoms. The van der Waals surface area contributed by atoms with E-state index in [2.05, 4.69) is 36.6 Å². The van der Waals surface area contributed by atoms with E-state index < -0.39 is 11.9 Å². The van der Waals surface area contributed by atoms with Gasteiger partial charge in [0.25, 0.3) is 0 Å². The van der Waals surface area contributed by atoms with Crippen LogP contribution in [0.4, 0.5) is 0 Å². The Morgan fingerprint density at radius 2 is 1.60 bits per heavy atom. The lowest BCUT2D eigenvalue weighted by atomic mass is 10.1. The number of rotatable bonds is 5. The van der Waals surface area contributed by atoms with Crippen molar-refractivity contribution in [1.29, 1.82) is 0 Å². The summed E-state index contributed by atoms with van der Waals surface area (Å²) in [6, 6.07) is 16.9. The maximum absolute atomic E-state index is 12.6. The second-order valence-electron chi connectivity index (χ2n) is 7.24. The van der Waals surface area contributed by atoms with Crippen LogP contribution in [0.1, 0.15) is 35.0 Å². The molecule has 0 N–H and O–H groups in total. The normalized spacial score (nSPS) is 11.3. The van der Waals surface area contributed by atoms with Gasteiger partial charge < -0.3 is 14.0 Å². The number of hydrogen-bond acceptors (Lipinski definition) is 4. The molecule has 0 bridgehead atoms. The molecule has 30 heavy (non-hydrogen) atoms. The molecule has 3 rings (SSSR count). The van der Waals surface area contributed by atoms with Crippen LogP contribution in [0.25, 0.3) is 11.8 Å². The van der Waals surface area contributed by atoms with Crippen molar-refractivity contribution in [2.75, 3.05) is 0 Å². The minimum atomic E-state index is -0.729. The van der Waals surface area contributed by atoms with E-state index in [0.717, 1.165) is 22.6 Å². The summed E-state index contributed by atoms with van der Waals surface area (Å²) in [5, 5.41) is 0. The number of para-hydroxylation sites is 1. The van der Waals surface area contributed by atoms with Crippen LogP contribution in [0.3, 0.4) is 0 Å². The number of carbonyl (C=O) groups excluding carboxylic acids is 2. The van der Waals surface area contributed by atoms with Crippen molar-refractivity contribution in [3.05, 3.63) is 88.4 Å². The highest BCUT2D eigenvalue weighted by atomic mass is 16.6. The fraction of sp³-hybridized carbons (Fsp3) is 0.200. The maximum Gasteiger partial charge on any atom is 0.379 e. The van der Waals surface area contributed by atoms with E-state index in [9.17, 15) is 9.59 Å². The molecule has 0 fully saturated rings. The number of aromatic nitrogens is 1. The Morgan fingerprint density at radius 3 is 2.23 bits per heavy atom. The Kier molecular flexibility index (Phi) is 6.21. The van der Waals surface area contributed by atoms with Gasteiger partial charge in [0, 0.05) is 24.0 Å². The van der Waals surface area contributed by atoms with Crippen LogP contribution < -0.4 is 4.74 Å². The standard InChI is InChI=1S/C25H25NO4/c1-16-11-12-22(13-17(16)2)26-18(3)14-21(19(26)4)15-24(29-20(5)27)25(28)30-23-9-7-6-8-10-23/h6-15H,1-5H3. The molecule has 1 heterocycles. The summed E-state index contributed by atoms with van der Waals surface area (Å²) in [4.78, 5) is 24.2. The van der Waals surface area contributed by atoms with Crippen LogP contribution in [0.2, 0.25) is 0 Å². The van der Waals surface area contributed by atoms with Gasteiger partial charge in [-0.3, -0.25) is 4.79 Å². The van der Waals surface area contributed by atoms with Gasteiger partial charge in [-0.1, -0.05) is 24.3 Å². The molecule has 0 saturated carbocycles. The summed E-state index contributed by atoms with van der Waals surface area (Å²) in [7, 11) is 0. The molecule has 0 aliphatic carbocycles. The summed E-state index contributed by atoms with van der Waals surface area (Å²) in [5.41, 5.74) is 6.15. The lowest BCUT2D eigenvalue weighted by molar-refractivity contribution is -0.145. The highest BCUT2D eigenvalue weighted by Gasteiger charge is 2.19. The fourth-order valence-corrected chi connectivity index (χ4v) is 3.27. The number of hydrogen-bond donors (Lipinski definition) is 0. The largest absolute Gasteiger partial charge is 0.421 e.